The first kappa shape index (κ1) is 17.4. The smallest absolute Gasteiger partial charge is 0.255 e. The molecule has 0 saturated heterocycles. The number of para-hydroxylation sites is 1. The van der Waals surface area contributed by atoms with Gasteiger partial charge in [0.1, 0.15) is 5.82 Å². The lowest BCUT2D eigenvalue weighted by atomic mass is 10.1. The molecule has 0 aliphatic rings. The lowest BCUT2D eigenvalue weighted by Crippen LogP contribution is -2.31. The average molecular weight is 296 g/mol. The van der Waals surface area contributed by atoms with E-state index in [1.54, 1.807) is 24.1 Å². The Labute approximate surface area is 126 Å². The fourth-order valence-electron chi connectivity index (χ4n) is 1.86. The van der Waals surface area contributed by atoms with Crippen LogP contribution in [0.2, 0.25) is 0 Å². The molecule has 21 heavy (non-hydrogen) atoms. The Morgan fingerprint density at radius 3 is 2.76 bits per heavy atom. The number of hydrogen-bond donors (Lipinski definition) is 1. The molecule has 5 heteroatoms. The van der Waals surface area contributed by atoms with Crippen LogP contribution in [0.1, 0.15) is 37.6 Å². The van der Waals surface area contributed by atoms with Gasteiger partial charge in [0.2, 0.25) is 0 Å². The van der Waals surface area contributed by atoms with Crippen molar-refractivity contribution in [2.75, 3.05) is 32.1 Å². The van der Waals surface area contributed by atoms with E-state index in [-0.39, 0.29) is 17.7 Å². The molecule has 1 rings (SSSR count). The summed E-state index contributed by atoms with van der Waals surface area (Å²) in [4.78, 5) is 14.0. The van der Waals surface area contributed by atoms with Gasteiger partial charge in [0.15, 0.2) is 0 Å². The number of likely N-dealkylation sites (N-methyl/N-ethyl adjacent to an activating group) is 1. The Morgan fingerprint density at radius 2 is 2.14 bits per heavy atom. The van der Waals surface area contributed by atoms with Gasteiger partial charge in [-0.25, -0.2) is 4.39 Å². The van der Waals surface area contributed by atoms with Gasteiger partial charge >= 0.3 is 0 Å². The van der Waals surface area contributed by atoms with E-state index < -0.39 is 5.82 Å². The number of nitrogens with one attached hydrogen (secondary N) is 1. The minimum absolute atomic E-state index is 0.129. The number of nitrogens with zero attached hydrogens (tertiary/aromatic N) is 1. The first-order chi connectivity index (χ1) is 9.97. The second-order valence-corrected chi connectivity index (χ2v) is 5.24. The standard InChI is InChI=1S/C16H25FN2O2/c1-5-9-18-15-13(7-6-8-14(15)17)16(20)19(4)10-11-21-12(2)3/h6-8,12,18H,5,9-11H2,1-4H3. The molecule has 1 aromatic rings. The number of hydrogen-bond acceptors (Lipinski definition) is 3. The van der Waals surface area contributed by atoms with E-state index in [2.05, 4.69) is 5.32 Å². The van der Waals surface area contributed by atoms with Crippen molar-refractivity contribution in [3.05, 3.63) is 29.6 Å². The van der Waals surface area contributed by atoms with Crippen molar-refractivity contribution in [3.8, 4) is 0 Å². The number of ether oxygens (including phenoxy) is 1. The molecule has 0 aliphatic heterocycles. The number of carbonyl (C=O) groups is 1. The molecule has 0 radical (unpaired) electrons. The van der Waals surface area contributed by atoms with E-state index in [4.69, 9.17) is 4.74 Å². The normalized spacial score (nSPS) is 10.8. The third kappa shape index (κ3) is 5.34. The topological polar surface area (TPSA) is 41.6 Å². The van der Waals surface area contributed by atoms with Gasteiger partial charge in [-0.2, -0.15) is 0 Å². The van der Waals surface area contributed by atoms with Crippen LogP contribution in [-0.4, -0.2) is 43.7 Å². The molecule has 0 aliphatic carbocycles. The van der Waals surface area contributed by atoms with E-state index in [9.17, 15) is 9.18 Å². The van der Waals surface area contributed by atoms with Crippen molar-refractivity contribution in [1.82, 2.24) is 4.90 Å². The molecule has 0 spiro atoms. The number of anilines is 1. The maximum atomic E-state index is 13.9. The van der Waals surface area contributed by atoms with Gasteiger partial charge < -0.3 is 15.0 Å². The lowest BCUT2D eigenvalue weighted by molar-refractivity contribution is 0.0532. The molecule has 0 atom stereocenters. The second-order valence-electron chi connectivity index (χ2n) is 5.24. The van der Waals surface area contributed by atoms with E-state index in [0.29, 0.717) is 25.3 Å². The Kier molecular flexibility index (Phi) is 7.15. The monoisotopic (exact) mass is 296 g/mol. The molecule has 4 nitrogen and oxygen atoms in total. The lowest BCUT2D eigenvalue weighted by Gasteiger charge is -2.20. The van der Waals surface area contributed by atoms with Crippen LogP contribution in [0.3, 0.4) is 0 Å². The zero-order valence-corrected chi connectivity index (χ0v) is 13.3. The summed E-state index contributed by atoms with van der Waals surface area (Å²) >= 11 is 0. The molecule has 1 amide bonds. The second kappa shape index (κ2) is 8.62. The number of benzene rings is 1. The molecular formula is C16H25FN2O2. The molecular weight excluding hydrogens is 271 g/mol. The molecule has 0 heterocycles. The predicted molar refractivity (Wildman–Crippen MR) is 83.2 cm³/mol. The summed E-state index contributed by atoms with van der Waals surface area (Å²) in [6, 6.07) is 4.55. The van der Waals surface area contributed by atoms with Crippen LogP contribution < -0.4 is 5.32 Å². The van der Waals surface area contributed by atoms with Gasteiger partial charge in [0.25, 0.3) is 5.91 Å². The first-order valence-corrected chi connectivity index (χ1v) is 7.36. The van der Waals surface area contributed by atoms with Crippen molar-refractivity contribution in [3.63, 3.8) is 0 Å². The summed E-state index contributed by atoms with van der Waals surface area (Å²) in [6.07, 6.45) is 0.990. The number of carbonyl (C=O) groups excluding carboxylic acids is 1. The minimum Gasteiger partial charge on any atom is -0.382 e. The number of rotatable bonds is 8. The maximum absolute atomic E-state index is 13.9. The highest BCUT2D eigenvalue weighted by Crippen LogP contribution is 2.21. The zero-order chi connectivity index (χ0) is 15.8. The fraction of sp³-hybridized carbons (Fsp3) is 0.562. The van der Waals surface area contributed by atoms with E-state index in [1.165, 1.54) is 6.07 Å². The summed E-state index contributed by atoms with van der Waals surface area (Å²) in [6.45, 7) is 7.45. The molecule has 0 fully saturated rings. The maximum Gasteiger partial charge on any atom is 0.255 e. The third-order valence-electron chi connectivity index (χ3n) is 3.02. The highest BCUT2D eigenvalue weighted by Gasteiger charge is 2.18. The van der Waals surface area contributed by atoms with Crippen LogP contribution in [0.25, 0.3) is 0 Å². The predicted octanol–water partition coefficient (Wildman–Crippen LogP) is 3.14. The number of amides is 1. The Bertz CT molecular complexity index is 464. The van der Waals surface area contributed by atoms with Crippen LogP contribution in [0.15, 0.2) is 18.2 Å². The van der Waals surface area contributed by atoms with Crippen molar-refractivity contribution in [1.29, 1.82) is 0 Å². The summed E-state index contributed by atoms with van der Waals surface area (Å²) < 4.78 is 19.3. The van der Waals surface area contributed by atoms with Crippen molar-refractivity contribution in [2.45, 2.75) is 33.3 Å². The summed E-state index contributed by atoms with van der Waals surface area (Å²) in [5.74, 6) is -0.610. The molecule has 0 bridgehead atoms. The molecule has 118 valence electrons. The van der Waals surface area contributed by atoms with Gasteiger partial charge in [0, 0.05) is 20.1 Å². The van der Waals surface area contributed by atoms with Crippen molar-refractivity contribution >= 4 is 11.6 Å². The van der Waals surface area contributed by atoms with Gasteiger partial charge in [-0.3, -0.25) is 4.79 Å². The zero-order valence-electron chi connectivity index (χ0n) is 13.3. The van der Waals surface area contributed by atoms with Gasteiger partial charge in [0.05, 0.1) is 24.0 Å². The SMILES string of the molecule is CCCNc1c(F)cccc1C(=O)N(C)CCOC(C)C. The molecule has 1 aromatic carbocycles. The Hall–Kier alpha value is -1.62. The van der Waals surface area contributed by atoms with E-state index >= 15 is 0 Å². The summed E-state index contributed by atoms with van der Waals surface area (Å²) in [5.41, 5.74) is 0.636. The quantitative estimate of drug-likeness (QED) is 0.801. The van der Waals surface area contributed by atoms with Crippen LogP contribution >= 0.6 is 0 Å². The van der Waals surface area contributed by atoms with Crippen LogP contribution in [-0.2, 0) is 4.74 Å². The van der Waals surface area contributed by atoms with Crippen LogP contribution in [0.5, 0.6) is 0 Å². The Morgan fingerprint density at radius 1 is 1.43 bits per heavy atom. The molecule has 0 unspecified atom stereocenters. The van der Waals surface area contributed by atoms with Gasteiger partial charge in [-0.1, -0.05) is 13.0 Å². The molecule has 0 saturated carbocycles. The van der Waals surface area contributed by atoms with E-state index in [1.807, 2.05) is 20.8 Å². The average Bonchev–Trinajstić information content (AvgIpc) is 2.44. The number of halogens is 1. The van der Waals surface area contributed by atoms with E-state index in [0.717, 1.165) is 6.42 Å². The van der Waals surface area contributed by atoms with Crippen molar-refractivity contribution in [2.24, 2.45) is 0 Å². The molecule has 0 aromatic heterocycles. The third-order valence-corrected chi connectivity index (χ3v) is 3.02. The van der Waals surface area contributed by atoms with Crippen LogP contribution in [0, 0.1) is 5.82 Å². The fourth-order valence-corrected chi connectivity index (χ4v) is 1.86. The molecule has 1 N–H and O–H groups in total. The van der Waals surface area contributed by atoms with Gasteiger partial charge in [-0.05, 0) is 32.4 Å². The highest BCUT2D eigenvalue weighted by molar-refractivity contribution is 5.99. The largest absolute Gasteiger partial charge is 0.382 e. The van der Waals surface area contributed by atoms with Crippen molar-refractivity contribution < 1.29 is 13.9 Å². The first-order valence-electron chi connectivity index (χ1n) is 7.36. The highest BCUT2D eigenvalue weighted by atomic mass is 19.1. The van der Waals surface area contributed by atoms with Crippen LogP contribution in [0.4, 0.5) is 10.1 Å². The minimum atomic E-state index is -0.402. The summed E-state index contributed by atoms with van der Waals surface area (Å²) in [7, 11) is 1.69. The van der Waals surface area contributed by atoms with Gasteiger partial charge in [-0.15, -0.1) is 0 Å². The Balaban J connectivity index is 2.78. The summed E-state index contributed by atoms with van der Waals surface area (Å²) in [5, 5.41) is 2.99.